The highest BCUT2D eigenvalue weighted by molar-refractivity contribution is 5.79. The monoisotopic (exact) mass is 210 g/mol. The third-order valence-electron chi connectivity index (χ3n) is 3.59. The van der Waals surface area contributed by atoms with Crippen molar-refractivity contribution in [1.82, 2.24) is 10.2 Å². The molecule has 3 nitrogen and oxygen atoms in total. The fourth-order valence-electron chi connectivity index (χ4n) is 2.97. The number of rotatable bonds is 1. The van der Waals surface area contributed by atoms with E-state index in [1.54, 1.807) is 0 Å². The van der Waals surface area contributed by atoms with Gasteiger partial charge in [0.25, 0.3) is 0 Å². The Hall–Kier alpha value is -0.570. The summed E-state index contributed by atoms with van der Waals surface area (Å²) in [5.74, 6) is 1.99. The van der Waals surface area contributed by atoms with Gasteiger partial charge in [-0.25, -0.2) is 0 Å². The topological polar surface area (TPSA) is 32.3 Å². The van der Waals surface area contributed by atoms with Crippen LogP contribution in [-0.2, 0) is 4.79 Å². The van der Waals surface area contributed by atoms with Gasteiger partial charge in [0.2, 0.25) is 5.91 Å². The molecule has 0 unspecified atom stereocenters. The molecule has 1 amide bonds. The molecule has 2 aliphatic heterocycles. The van der Waals surface area contributed by atoms with Gasteiger partial charge in [-0.15, -0.1) is 0 Å². The number of piperidine rings is 1. The van der Waals surface area contributed by atoms with E-state index in [4.69, 9.17) is 0 Å². The first-order valence-electron chi connectivity index (χ1n) is 6.16. The summed E-state index contributed by atoms with van der Waals surface area (Å²) in [5, 5.41) is 3.27. The van der Waals surface area contributed by atoms with Crippen LogP contribution in [0.15, 0.2) is 0 Å². The molecule has 15 heavy (non-hydrogen) atoms. The molecule has 2 rings (SSSR count). The maximum Gasteiger partial charge on any atom is 0.227 e. The quantitative estimate of drug-likeness (QED) is 0.703. The first-order valence-corrected chi connectivity index (χ1v) is 6.16. The molecule has 2 fully saturated rings. The van der Waals surface area contributed by atoms with E-state index in [2.05, 4.69) is 24.1 Å². The Bertz CT molecular complexity index is 226. The molecule has 86 valence electrons. The van der Waals surface area contributed by atoms with E-state index in [1.165, 1.54) is 6.42 Å². The van der Waals surface area contributed by atoms with Gasteiger partial charge in [0, 0.05) is 19.6 Å². The summed E-state index contributed by atoms with van der Waals surface area (Å²) < 4.78 is 0. The molecule has 3 atom stereocenters. The molecule has 3 heteroatoms. The van der Waals surface area contributed by atoms with Crippen LogP contribution in [0.3, 0.4) is 0 Å². The SMILES string of the molecule is C[C@@H]1C[C@H](C)CN(C(=O)[C@H]2CCNC2)C1. The van der Waals surface area contributed by atoms with Gasteiger partial charge in [-0.05, 0) is 31.2 Å². The van der Waals surface area contributed by atoms with E-state index in [9.17, 15) is 4.79 Å². The van der Waals surface area contributed by atoms with Crippen LogP contribution in [0, 0.1) is 17.8 Å². The highest BCUT2D eigenvalue weighted by Crippen LogP contribution is 2.23. The maximum absolute atomic E-state index is 12.2. The molecule has 0 aromatic rings. The van der Waals surface area contributed by atoms with Crippen LogP contribution in [0.25, 0.3) is 0 Å². The molecule has 0 spiro atoms. The van der Waals surface area contributed by atoms with Crippen LogP contribution in [0.2, 0.25) is 0 Å². The van der Waals surface area contributed by atoms with Crippen molar-refractivity contribution in [3.8, 4) is 0 Å². The molecule has 0 aromatic heterocycles. The highest BCUT2D eigenvalue weighted by Gasteiger charge is 2.31. The summed E-state index contributed by atoms with van der Waals surface area (Å²) in [6.45, 7) is 8.35. The standard InChI is InChI=1S/C12H22N2O/c1-9-5-10(2)8-14(7-9)12(15)11-3-4-13-6-11/h9-11,13H,3-8H2,1-2H3/t9-,10+,11-/m0/s1. The molecule has 0 aliphatic carbocycles. The van der Waals surface area contributed by atoms with Gasteiger partial charge < -0.3 is 10.2 Å². The predicted octanol–water partition coefficient (Wildman–Crippen LogP) is 1.10. The lowest BCUT2D eigenvalue weighted by Gasteiger charge is -2.36. The van der Waals surface area contributed by atoms with Gasteiger partial charge in [-0.2, -0.15) is 0 Å². The minimum Gasteiger partial charge on any atom is -0.342 e. The van der Waals surface area contributed by atoms with Crippen molar-refractivity contribution in [1.29, 1.82) is 0 Å². The minimum absolute atomic E-state index is 0.252. The number of hydrogen-bond acceptors (Lipinski definition) is 2. The fraction of sp³-hybridized carbons (Fsp3) is 0.917. The van der Waals surface area contributed by atoms with Gasteiger partial charge in [0.15, 0.2) is 0 Å². The molecule has 2 heterocycles. The number of amides is 1. The second-order valence-corrected chi connectivity index (χ2v) is 5.38. The Balaban J connectivity index is 1.93. The summed E-state index contributed by atoms with van der Waals surface area (Å²) in [4.78, 5) is 14.3. The van der Waals surface area contributed by atoms with Gasteiger partial charge >= 0.3 is 0 Å². The van der Waals surface area contributed by atoms with Crippen LogP contribution in [0.1, 0.15) is 26.7 Å². The van der Waals surface area contributed by atoms with Crippen LogP contribution < -0.4 is 5.32 Å². The lowest BCUT2D eigenvalue weighted by Crippen LogP contribution is -2.45. The second-order valence-electron chi connectivity index (χ2n) is 5.38. The molecule has 0 radical (unpaired) electrons. The van der Waals surface area contributed by atoms with E-state index in [1.807, 2.05) is 0 Å². The second kappa shape index (κ2) is 4.52. The fourth-order valence-corrected chi connectivity index (χ4v) is 2.97. The Morgan fingerprint density at radius 1 is 1.27 bits per heavy atom. The highest BCUT2D eigenvalue weighted by atomic mass is 16.2. The van der Waals surface area contributed by atoms with Gasteiger partial charge in [0.05, 0.1) is 5.92 Å². The molecule has 0 aromatic carbocycles. The zero-order valence-corrected chi connectivity index (χ0v) is 9.83. The Morgan fingerprint density at radius 3 is 2.47 bits per heavy atom. The van der Waals surface area contributed by atoms with E-state index < -0.39 is 0 Å². The van der Waals surface area contributed by atoms with Crippen LogP contribution in [0.5, 0.6) is 0 Å². The largest absolute Gasteiger partial charge is 0.342 e. The summed E-state index contributed by atoms with van der Waals surface area (Å²) in [6.07, 6.45) is 2.30. The lowest BCUT2D eigenvalue weighted by molar-refractivity contribution is -0.137. The molecular weight excluding hydrogens is 188 g/mol. The van der Waals surface area contributed by atoms with E-state index >= 15 is 0 Å². The summed E-state index contributed by atoms with van der Waals surface area (Å²) >= 11 is 0. The van der Waals surface area contributed by atoms with Gasteiger partial charge in [-0.1, -0.05) is 13.8 Å². The van der Waals surface area contributed by atoms with Crippen LogP contribution in [-0.4, -0.2) is 37.0 Å². The summed E-state index contributed by atoms with van der Waals surface area (Å²) in [6, 6.07) is 0. The molecule has 0 saturated carbocycles. The van der Waals surface area contributed by atoms with Crippen LogP contribution >= 0.6 is 0 Å². The number of hydrogen-bond donors (Lipinski definition) is 1. The molecule has 1 N–H and O–H groups in total. The zero-order valence-electron chi connectivity index (χ0n) is 9.83. The first-order chi connectivity index (χ1) is 7.16. The van der Waals surface area contributed by atoms with Crippen molar-refractivity contribution >= 4 is 5.91 Å². The third-order valence-corrected chi connectivity index (χ3v) is 3.59. The minimum atomic E-state index is 0.252. The van der Waals surface area contributed by atoms with Crippen molar-refractivity contribution in [2.45, 2.75) is 26.7 Å². The van der Waals surface area contributed by atoms with Crippen molar-refractivity contribution in [2.75, 3.05) is 26.2 Å². The van der Waals surface area contributed by atoms with E-state index in [-0.39, 0.29) is 5.92 Å². The Labute approximate surface area is 92.2 Å². The summed E-state index contributed by atoms with van der Waals surface area (Å²) in [5.41, 5.74) is 0. The number of nitrogens with one attached hydrogen (secondary N) is 1. The molecule has 2 aliphatic rings. The van der Waals surface area contributed by atoms with Crippen molar-refractivity contribution < 1.29 is 4.79 Å². The summed E-state index contributed by atoms with van der Waals surface area (Å²) in [7, 11) is 0. The Kier molecular flexibility index (Phi) is 3.29. The number of carbonyl (C=O) groups is 1. The van der Waals surface area contributed by atoms with Gasteiger partial charge in [0.1, 0.15) is 0 Å². The van der Waals surface area contributed by atoms with Crippen molar-refractivity contribution in [2.24, 2.45) is 17.8 Å². The average molecular weight is 210 g/mol. The number of carbonyl (C=O) groups excluding carboxylic acids is 1. The number of likely N-dealkylation sites (tertiary alicyclic amines) is 1. The smallest absolute Gasteiger partial charge is 0.227 e. The van der Waals surface area contributed by atoms with E-state index in [0.29, 0.717) is 17.7 Å². The van der Waals surface area contributed by atoms with Gasteiger partial charge in [-0.3, -0.25) is 4.79 Å². The zero-order chi connectivity index (χ0) is 10.8. The van der Waals surface area contributed by atoms with E-state index in [0.717, 1.165) is 32.6 Å². The normalized spacial score (nSPS) is 36.9. The predicted molar refractivity (Wildman–Crippen MR) is 60.5 cm³/mol. The molecule has 0 bridgehead atoms. The average Bonchev–Trinajstić information content (AvgIpc) is 2.67. The molecule has 2 saturated heterocycles. The maximum atomic E-state index is 12.2. The van der Waals surface area contributed by atoms with Crippen LogP contribution in [0.4, 0.5) is 0 Å². The lowest BCUT2D eigenvalue weighted by atomic mass is 9.91. The Morgan fingerprint density at radius 2 is 1.93 bits per heavy atom. The molecular formula is C12H22N2O. The van der Waals surface area contributed by atoms with Crippen molar-refractivity contribution in [3.63, 3.8) is 0 Å². The number of nitrogens with zero attached hydrogens (tertiary/aromatic N) is 1. The first kappa shape index (κ1) is 10.9. The third kappa shape index (κ3) is 2.51. The van der Waals surface area contributed by atoms with Crippen molar-refractivity contribution in [3.05, 3.63) is 0 Å².